The van der Waals surface area contributed by atoms with Crippen molar-refractivity contribution in [2.45, 2.75) is 37.9 Å². The zero-order chi connectivity index (χ0) is 16.3. The fraction of sp³-hybridized carbons (Fsp3) is 0.714. The monoisotopic (exact) mass is 318 g/mol. The molecule has 1 atom stereocenters. The van der Waals surface area contributed by atoms with Crippen LogP contribution < -0.4 is 0 Å². The number of piperidine rings is 1. The first kappa shape index (κ1) is 16.8. The molecule has 1 aliphatic heterocycles. The van der Waals surface area contributed by atoms with Gasteiger partial charge in [0.05, 0.1) is 0 Å². The van der Waals surface area contributed by atoms with Crippen LogP contribution in [-0.2, 0) is 6.18 Å². The number of nitrogens with zero attached hydrogens (tertiary/aromatic N) is 3. The minimum absolute atomic E-state index is 0.0645. The maximum Gasteiger partial charge on any atom is 0.432 e. The molecule has 1 aromatic heterocycles. The number of carbonyl (C=O) groups excluding carboxylic acids is 1. The smallest absolute Gasteiger partial charge is 0.334 e. The lowest BCUT2D eigenvalue weighted by molar-refractivity contribution is -0.141. The van der Waals surface area contributed by atoms with Gasteiger partial charge in [-0.15, -0.1) is 0 Å². The molecule has 1 amide bonds. The number of rotatable bonds is 4. The molecular formula is C14H21F3N4O. The Kier molecular flexibility index (Phi) is 5.10. The first-order valence-corrected chi connectivity index (χ1v) is 7.37. The molecular weight excluding hydrogens is 297 g/mol. The summed E-state index contributed by atoms with van der Waals surface area (Å²) in [6.45, 7) is 1.41. The average molecular weight is 318 g/mol. The minimum atomic E-state index is -4.52. The molecule has 0 aromatic carbocycles. The number of halogens is 3. The van der Waals surface area contributed by atoms with Gasteiger partial charge in [0, 0.05) is 18.7 Å². The molecule has 0 radical (unpaired) electrons. The van der Waals surface area contributed by atoms with Gasteiger partial charge in [0.25, 0.3) is 5.91 Å². The number of aromatic nitrogens is 2. The molecule has 1 aromatic rings. The summed E-state index contributed by atoms with van der Waals surface area (Å²) in [6, 6.07) is 0.856. The third-order valence-electron chi connectivity index (χ3n) is 3.90. The highest BCUT2D eigenvalue weighted by Gasteiger charge is 2.35. The van der Waals surface area contributed by atoms with E-state index in [1.165, 1.54) is 0 Å². The Morgan fingerprint density at radius 2 is 2.18 bits per heavy atom. The quantitative estimate of drug-likeness (QED) is 0.927. The van der Waals surface area contributed by atoms with E-state index in [4.69, 9.17) is 0 Å². The van der Waals surface area contributed by atoms with Crippen molar-refractivity contribution in [2.24, 2.45) is 0 Å². The standard InChI is InChI=1S/C14H21F3N4O/c1-20(2)8-6-10-5-3-4-7-21(10)13(22)11-9-12(19-18-11)14(15,16)17/h9-10H,3-8H2,1-2H3,(H,18,19). The second-order valence-corrected chi connectivity index (χ2v) is 5.90. The van der Waals surface area contributed by atoms with Crippen LogP contribution in [-0.4, -0.2) is 59.1 Å². The summed E-state index contributed by atoms with van der Waals surface area (Å²) in [5.74, 6) is -0.421. The highest BCUT2D eigenvalue weighted by atomic mass is 19.4. The van der Waals surface area contributed by atoms with Crippen molar-refractivity contribution in [3.63, 3.8) is 0 Å². The van der Waals surface area contributed by atoms with Gasteiger partial charge in [-0.05, 0) is 46.3 Å². The van der Waals surface area contributed by atoms with E-state index in [1.54, 1.807) is 4.90 Å². The lowest BCUT2D eigenvalue weighted by Gasteiger charge is -2.36. The number of hydrogen-bond acceptors (Lipinski definition) is 3. The zero-order valence-corrected chi connectivity index (χ0v) is 12.8. The number of carbonyl (C=O) groups is 1. The molecule has 1 saturated heterocycles. The number of likely N-dealkylation sites (tertiary alicyclic amines) is 1. The van der Waals surface area contributed by atoms with E-state index in [9.17, 15) is 18.0 Å². The van der Waals surface area contributed by atoms with Crippen LogP contribution in [0.4, 0.5) is 13.2 Å². The number of H-pyrrole nitrogens is 1. The van der Waals surface area contributed by atoms with E-state index in [-0.39, 0.29) is 11.7 Å². The van der Waals surface area contributed by atoms with Crippen LogP contribution in [0.25, 0.3) is 0 Å². The van der Waals surface area contributed by atoms with Crippen LogP contribution in [0.3, 0.4) is 0 Å². The first-order chi connectivity index (χ1) is 10.3. The third kappa shape index (κ3) is 4.00. The highest BCUT2D eigenvalue weighted by Crippen LogP contribution is 2.28. The van der Waals surface area contributed by atoms with E-state index < -0.39 is 17.8 Å². The number of hydrogen-bond donors (Lipinski definition) is 1. The molecule has 22 heavy (non-hydrogen) atoms. The zero-order valence-electron chi connectivity index (χ0n) is 12.8. The number of nitrogens with one attached hydrogen (secondary N) is 1. The van der Waals surface area contributed by atoms with Gasteiger partial charge in [0.15, 0.2) is 5.69 Å². The Morgan fingerprint density at radius 1 is 1.45 bits per heavy atom. The third-order valence-corrected chi connectivity index (χ3v) is 3.90. The lowest BCUT2D eigenvalue weighted by atomic mass is 9.98. The van der Waals surface area contributed by atoms with Crippen molar-refractivity contribution in [1.29, 1.82) is 0 Å². The minimum Gasteiger partial charge on any atom is -0.334 e. The second kappa shape index (κ2) is 6.68. The molecule has 8 heteroatoms. The Labute approximate surface area is 127 Å². The van der Waals surface area contributed by atoms with Crippen molar-refractivity contribution >= 4 is 5.91 Å². The van der Waals surface area contributed by atoms with Gasteiger partial charge in [-0.2, -0.15) is 18.3 Å². The van der Waals surface area contributed by atoms with Gasteiger partial charge >= 0.3 is 6.18 Å². The predicted octanol–water partition coefficient (Wildman–Crippen LogP) is 2.37. The van der Waals surface area contributed by atoms with Crippen molar-refractivity contribution in [2.75, 3.05) is 27.2 Å². The molecule has 0 saturated carbocycles. The van der Waals surface area contributed by atoms with Crippen LogP contribution in [0.5, 0.6) is 0 Å². The van der Waals surface area contributed by atoms with Crippen LogP contribution >= 0.6 is 0 Å². The summed E-state index contributed by atoms with van der Waals surface area (Å²) in [5, 5.41) is 5.44. The largest absolute Gasteiger partial charge is 0.432 e. The Balaban J connectivity index is 2.10. The molecule has 1 fully saturated rings. The van der Waals surface area contributed by atoms with Gasteiger partial charge in [-0.3, -0.25) is 9.89 Å². The molecule has 1 N–H and O–H groups in total. The van der Waals surface area contributed by atoms with Gasteiger partial charge in [-0.1, -0.05) is 0 Å². The summed E-state index contributed by atoms with van der Waals surface area (Å²) in [5.41, 5.74) is -1.15. The highest BCUT2D eigenvalue weighted by molar-refractivity contribution is 5.92. The molecule has 0 spiro atoms. The van der Waals surface area contributed by atoms with Gasteiger partial charge in [0.1, 0.15) is 5.69 Å². The molecule has 2 rings (SSSR count). The van der Waals surface area contributed by atoms with Gasteiger partial charge in [-0.25, -0.2) is 0 Å². The van der Waals surface area contributed by atoms with Crippen molar-refractivity contribution < 1.29 is 18.0 Å². The van der Waals surface area contributed by atoms with Crippen molar-refractivity contribution in [3.05, 3.63) is 17.5 Å². The summed E-state index contributed by atoms with van der Waals surface area (Å²) in [4.78, 5) is 16.2. The molecule has 1 aliphatic rings. The topological polar surface area (TPSA) is 52.2 Å². The Hall–Kier alpha value is -1.57. The lowest BCUT2D eigenvalue weighted by Crippen LogP contribution is -2.45. The van der Waals surface area contributed by atoms with Crippen LogP contribution in [0.2, 0.25) is 0 Å². The number of aromatic amines is 1. The number of alkyl halides is 3. The van der Waals surface area contributed by atoms with Gasteiger partial charge in [0.2, 0.25) is 0 Å². The van der Waals surface area contributed by atoms with E-state index in [1.807, 2.05) is 24.1 Å². The fourth-order valence-corrected chi connectivity index (χ4v) is 2.70. The fourth-order valence-electron chi connectivity index (χ4n) is 2.70. The summed E-state index contributed by atoms with van der Waals surface area (Å²) in [6.07, 6.45) is -0.903. The summed E-state index contributed by atoms with van der Waals surface area (Å²) >= 11 is 0. The van der Waals surface area contributed by atoms with Crippen molar-refractivity contribution in [1.82, 2.24) is 20.0 Å². The normalized spacial score (nSPS) is 19.7. The second-order valence-electron chi connectivity index (χ2n) is 5.90. The van der Waals surface area contributed by atoms with E-state index >= 15 is 0 Å². The molecule has 124 valence electrons. The molecule has 0 aliphatic carbocycles. The number of amides is 1. The van der Waals surface area contributed by atoms with Gasteiger partial charge < -0.3 is 9.80 Å². The van der Waals surface area contributed by atoms with Crippen LogP contribution in [0.15, 0.2) is 6.07 Å². The Morgan fingerprint density at radius 3 is 2.77 bits per heavy atom. The maximum absolute atomic E-state index is 12.6. The molecule has 1 unspecified atom stereocenters. The average Bonchev–Trinajstić information content (AvgIpc) is 2.94. The molecule has 5 nitrogen and oxygen atoms in total. The van der Waals surface area contributed by atoms with Crippen LogP contribution in [0.1, 0.15) is 41.9 Å². The van der Waals surface area contributed by atoms with E-state index in [2.05, 4.69) is 5.10 Å². The molecule has 0 bridgehead atoms. The Bertz CT molecular complexity index is 512. The van der Waals surface area contributed by atoms with E-state index in [0.29, 0.717) is 6.54 Å². The predicted molar refractivity (Wildman–Crippen MR) is 75.4 cm³/mol. The first-order valence-electron chi connectivity index (χ1n) is 7.37. The molecule has 2 heterocycles. The summed E-state index contributed by atoms with van der Waals surface area (Å²) < 4.78 is 37.8. The van der Waals surface area contributed by atoms with E-state index in [0.717, 1.165) is 38.3 Å². The maximum atomic E-state index is 12.6. The van der Waals surface area contributed by atoms with Crippen LogP contribution in [0, 0.1) is 0 Å². The SMILES string of the molecule is CN(C)CCC1CCCCN1C(=O)c1cc(C(F)(F)F)[nH]n1. The summed E-state index contributed by atoms with van der Waals surface area (Å²) in [7, 11) is 3.91. The van der Waals surface area contributed by atoms with Crippen molar-refractivity contribution in [3.8, 4) is 0 Å².